The summed E-state index contributed by atoms with van der Waals surface area (Å²) in [6.45, 7) is 3.82. The van der Waals surface area contributed by atoms with Gasteiger partial charge < -0.3 is 20.1 Å². The minimum atomic E-state index is -0.250. The van der Waals surface area contributed by atoms with Crippen molar-refractivity contribution in [3.8, 4) is 0 Å². The second-order valence-corrected chi connectivity index (χ2v) is 7.37. The maximum atomic E-state index is 12.8. The number of hydrogen-bond donors (Lipinski definition) is 3. The van der Waals surface area contributed by atoms with Gasteiger partial charge in [0.05, 0.1) is 5.52 Å². The van der Waals surface area contributed by atoms with Crippen molar-refractivity contribution in [2.75, 3.05) is 33.4 Å². The number of nitrogens with zero attached hydrogens (tertiary/aromatic N) is 2. The average Bonchev–Trinajstić information content (AvgIpc) is 3.13. The van der Waals surface area contributed by atoms with E-state index >= 15 is 0 Å². The Labute approximate surface area is 164 Å². The Morgan fingerprint density at radius 2 is 2.18 bits per heavy atom. The van der Waals surface area contributed by atoms with Gasteiger partial charge in [0.2, 0.25) is 0 Å². The monoisotopic (exact) mass is 388 g/mol. The van der Waals surface area contributed by atoms with E-state index in [1.54, 1.807) is 7.11 Å². The number of H-pyrrole nitrogens is 1. The standard InChI is InChI=1S/C19H26N4O2.CH2O2/c1-25-10-2-3-13-4-5-16-15(11-13)18(22-21-16)19(24)20-17-12-23-8-6-14(17)7-9-23;2-1-3/h4-5,11,14,17H,2-3,6-10,12H2,1H3,(H,20,24)(H,21,22);1H,(H,2,3)/t17-;/m0./s1. The quantitative estimate of drug-likeness (QED) is 0.513. The summed E-state index contributed by atoms with van der Waals surface area (Å²) in [6, 6.07) is 6.44. The first-order valence-corrected chi connectivity index (χ1v) is 9.73. The highest BCUT2D eigenvalue weighted by atomic mass is 16.5. The second kappa shape index (κ2) is 9.66. The Morgan fingerprint density at radius 3 is 2.82 bits per heavy atom. The summed E-state index contributed by atoms with van der Waals surface area (Å²) < 4.78 is 5.12. The normalized spacial score (nSPS) is 23.1. The fourth-order valence-electron chi connectivity index (χ4n) is 4.18. The van der Waals surface area contributed by atoms with E-state index in [1.165, 1.54) is 31.5 Å². The van der Waals surface area contributed by atoms with Crippen LogP contribution in [-0.4, -0.2) is 72.0 Å². The predicted octanol–water partition coefficient (Wildman–Crippen LogP) is 1.67. The highest BCUT2D eigenvalue weighted by Crippen LogP contribution is 2.28. The number of amides is 1. The number of carbonyl (C=O) groups is 2. The molecular weight excluding hydrogens is 360 g/mol. The molecule has 3 aliphatic rings. The van der Waals surface area contributed by atoms with Crippen LogP contribution < -0.4 is 5.32 Å². The molecule has 0 aliphatic carbocycles. The molecule has 28 heavy (non-hydrogen) atoms. The van der Waals surface area contributed by atoms with Gasteiger partial charge in [-0.05, 0) is 62.4 Å². The predicted molar refractivity (Wildman–Crippen MR) is 105 cm³/mol. The topological polar surface area (TPSA) is 108 Å². The summed E-state index contributed by atoms with van der Waals surface area (Å²) in [4.78, 5) is 23.6. The van der Waals surface area contributed by atoms with Gasteiger partial charge in [-0.3, -0.25) is 14.7 Å². The van der Waals surface area contributed by atoms with Gasteiger partial charge in [-0.2, -0.15) is 5.10 Å². The molecule has 5 rings (SSSR count). The molecule has 0 spiro atoms. The summed E-state index contributed by atoms with van der Waals surface area (Å²) in [6.07, 6.45) is 4.29. The van der Waals surface area contributed by atoms with E-state index in [2.05, 4.69) is 32.5 Å². The lowest BCUT2D eigenvalue weighted by molar-refractivity contribution is -0.122. The van der Waals surface area contributed by atoms with Crippen molar-refractivity contribution in [2.24, 2.45) is 5.92 Å². The van der Waals surface area contributed by atoms with Gasteiger partial charge in [0.25, 0.3) is 12.4 Å². The number of ether oxygens (including phenoxy) is 1. The molecule has 0 radical (unpaired) electrons. The summed E-state index contributed by atoms with van der Waals surface area (Å²) in [7, 11) is 1.72. The molecule has 1 amide bonds. The van der Waals surface area contributed by atoms with Crippen LogP contribution in [0.1, 0.15) is 35.3 Å². The largest absolute Gasteiger partial charge is 0.483 e. The lowest BCUT2D eigenvalue weighted by atomic mass is 9.84. The van der Waals surface area contributed by atoms with Gasteiger partial charge in [0.1, 0.15) is 0 Å². The van der Waals surface area contributed by atoms with Gasteiger partial charge in [-0.1, -0.05) is 6.07 Å². The molecule has 0 saturated carbocycles. The van der Waals surface area contributed by atoms with Crippen molar-refractivity contribution in [3.63, 3.8) is 0 Å². The first kappa shape index (κ1) is 20.3. The zero-order valence-electron chi connectivity index (χ0n) is 16.2. The van der Waals surface area contributed by atoms with Gasteiger partial charge >= 0.3 is 0 Å². The molecule has 1 atom stereocenters. The molecule has 8 nitrogen and oxygen atoms in total. The molecule has 0 unspecified atom stereocenters. The number of hydrogen-bond acceptors (Lipinski definition) is 5. The van der Waals surface area contributed by atoms with Crippen LogP contribution in [0.25, 0.3) is 10.9 Å². The third-order valence-electron chi connectivity index (χ3n) is 5.63. The molecule has 3 aliphatic heterocycles. The van der Waals surface area contributed by atoms with E-state index in [-0.39, 0.29) is 18.4 Å². The fourth-order valence-corrected chi connectivity index (χ4v) is 4.18. The van der Waals surface area contributed by atoms with Crippen molar-refractivity contribution < 1.29 is 19.4 Å². The number of benzene rings is 1. The van der Waals surface area contributed by atoms with E-state index in [4.69, 9.17) is 14.6 Å². The summed E-state index contributed by atoms with van der Waals surface area (Å²) in [5.74, 6) is 0.558. The van der Waals surface area contributed by atoms with Crippen LogP contribution in [0.5, 0.6) is 0 Å². The zero-order chi connectivity index (χ0) is 19.9. The van der Waals surface area contributed by atoms with Crippen molar-refractivity contribution in [1.29, 1.82) is 0 Å². The first-order chi connectivity index (χ1) is 13.7. The first-order valence-electron chi connectivity index (χ1n) is 9.73. The number of carbonyl (C=O) groups excluding carboxylic acids is 1. The van der Waals surface area contributed by atoms with Crippen molar-refractivity contribution >= 4 is 23.3 Å². The second-order valence-electron chi connectivity index (χ2n) is 7.37. The number of aryl methyl sites for hydroxylation is 1. The summed E-state index contributed by atoms with van der Waals surface area (Å²) >= 11 is 0. The minimum absolute atomic E-state index is 0.0564. The molecule has 4 heterocycles. The van der Waals surface area contributed by atoms with Crippen LogP contribution in [0, 0.1) is 5.92 Å². The fraction of sp³-hybridized carbons (Fsp3) is 0.550. The number of aromatic amines is 1. The van der Waals surface area contributed by atoms with E-state index in [0.29, 0.717) is 11.6 Å². The number of rotatable bonds is 6. The SMILES string of the molecule is COCCCc1ccc2[nH]nc(C(=O)N[C@H]3CN4CCC3CC4)c2c1.O=CO. The highest BCUT2D eigenvalue weighted by Gasteiger charge is 2.35. The summed E-state index contributed by atoms with van der Waals surface area (Å²) in [5, 5.41) is 18.3. The Balaban J connectivity index is 0.000000706. The average molecular weight is 388 g/mol. The smallest absolute Gasteiger partial charge is 0.290 e. The van der Waals surface area contributed by atoms with Crippen LogP contribution in [0.15, 0.2) is 18.2 Å². The Kier molecular flexibility index (Phi) is 7.00. The zero-order valence-corrected chi connectivity index (χ0v) is 16.2. The van der Waals surface area contributed by atoms with E-state index in [1.807, 2.05) is 6.07 Å². The molecule has 3 fully saturated rings. The van der Waals surface area contributed by atoms with Gasteiger partial charge in [-0.25, -0.2) is 0 Å². The lowest BCUT2D eigenvalue weighted by Gasteiger charge is -2.44. The molecule has 2 aromatic rings. The third kappa shape index (κ3) is 4.69. The number of nitrogens with one attached hydrogen (secondary N) is 2. The Bertz CT molecular complexity index is 799. The number of carboxylic acid groups (broad SMARTS) is 1. The van der Waals surface area contributed by atoms with Crippen LogP contribution in [0.2, 0.25) is 0 Å². The van der Waals surface area contributed by atoms with Gasteiger partial charge in [0, 0.05) is 31.7 Å². The van der Waals surface area contributed by atoms with Crippen LogP contribution in [-0.2, 0) is 16.0 Å². The van der Waals surface area contributed by atoms with E-state index < -0.39 is 0 Å². The molecule has 3 saturated heterocycles. The number of aromatic nitrogens is 2. The van der Waals surface area contributed by atoms with Crippen molar-refractivity contribution in [3.05, 3.63) is 29.5 Å². The van der Waals surface area contributed by atoms with Gasteiger partial charge in [0.15, 0.2) is 5.69 Å². The molecule has 1 aromatic heterocycles. The molecular formula is C20H28N4O4. The Morgan fingerprint density at radius 1 is 1.43 bits per heavy atom. The van der Waals surface area contributed by atoms with Crippen molar-refractivity contribution in [2.45, 2.75) is 31.7 Å². The number of piperidine rings is 3. The maximum Gasteiger partial charge on any atom is 0.290 e. The maximum absolute atomic E-state index is 12.8. The van der Waals surface area contributed by atoms with Gasteiger partial charge in [-0.15, -0.1) is 0 Å². The van der Waals surface area contributed by atoms with Crippen molar-refractivity contribution in [1.82, 2.24) is 20.4 Å². The highest BCUT2D eigenvalue weighted by molar-refractivity contribution is 6.04. The summed E-state index contributed by atoms with van der Waals surface area (Å²) in [5.41, 5.74) is 2.64. The minimum Gasteiger partial charge on any atom is -0.483 e. The molecule has 1 aromatic carbocycles. The third-order valence-corrected chi connectivity index (χ3v) is 5.63. The van der Waals surface area contributed by atoms with Crippen LogP contribution in [0.4, 0.5) is 0 Å². The van der Waals surface area contributed by atoms with E-state index in [0.717, 1.165) is 36.9 Å². The number of methoxy groups -OCH3 is 1. The molecule has 8 heteroatoms. The van der Waals surface area contributed by atoms with E-state index in [9.17, 15) is 4.79 Å². The molecule has 3 N–H and O–H groups in total. The molecule has 2 bridgehead atoms. The lowest BCUT2D eigenvalue weighted by Crippen LogP contribution is -2.57. The van der Waals surface area contributed by atoms with Crippen LogP contribution in [0.3, 0.4) is 0 Å². The molecule has 152 valence electrons. The number of fused-ring (bicyclic) bond motifs is 4. The Hall–Kier alpha value is -2.45. The van der Waals surface area contributed by atoms with Crippen LogP contribution >= 0.6 is 0 Å².